The number of hydrogen-bond acceptors (Lipinski definition) is 4. The molecule has 1 fully saturated rings. The minimum Gasteiger partial charge on any atom is -0.353 e. The Balaban J connectivity index is 2.02. The van der Waals surface area contributed by atoms with Crippen LogP contribution in [-0.2, 0) is 14.6 Å². The lowest BCUT2D eigenvalue weighted by molar-refractivity contribution is -0.118. The third-order valence-corrected chi connectivity index (χ3v) is 4.91. The molecule has 1 aliphatic rings. The molecule has 0 aromatic heterocycles. The molecule has 0 saturated heterocycles. The van der Waals surface area contributed by atoms with Crippen molar-refractivity contribution in [3.63, 3.8) is 0 Å². The van der Waals surface area contributed by atoms with Crippen molar-refractivity contribution in [2.45, 2.75) is 28.7 Å². The van der Waals surface area contributed by atoms with E-state index in [0.717, 1.165) is 12.8 Å². The van der Waals surface area contributed by atoms with Gasteiger partial charge in [-0.2, -0.15) is 0 Å². The van der Waals surface area contributed by atoms with Gasteiger partial charge in [0, 0.05) is 17.2 Å². The van der Waals surface area contributed by atoms with E-state index in [1.54, 1.807) is 24.3 Å². The molecule has 0 spiro atoms. The first-order valence-corrected chi connectivity index (χ1v) is 8.56. The standard InChI is InChI=1S/C12H15NO3S2/c1-18(15,16)11-5-3-2-4-10(11)17-8-12(14)13-9-6-7-9/h2-5,9H,6-8H2,1H3,(H,13,14). The van der Waals surface area contributed by atoms with Crippen molar-refractivity contribution in [2.24, 2.45) is 0 Å². The van der Waals surface area contributed by atoms with Gasteiger partial charge in [-0.05, 0) is 25.0 Å². The van der Waals surface area contributed by atoms with E-state index in [9.17, 15) is 13.2 Å². The summed E-state index contributed by atoms with van der Waals surface area (Å²) in [5.41, 5.74) is 0. The van der Waals surface area contributed by atoms with E-state index in [4.69, 9.17) is 0 Å². The van der Waals surface area contributed by atoms with E-state index in [1.807, 2.05) is 0 Å². The average molecular weight is 285 g/mol. The second-order valence-electron chi connectivity index (χ2n) is 4.35. The second kappa shape index (κ2) is 5.32. The molecule has 1 aliphatic carbocycles. The minimum absolute atomic E-state index is 0.0363. The van der Waals surface area contributed by atoms with E-state index < -0.39 is 9.84 Å². The summed E-state index contributed by atoms with van der Waals surface area (Å²) >= 11 is 1.26. The summed E-state index contributed by atoms with van der Waals surface area (Å²) < 4.78 is 23.1. The SMILES string of the molecule is CS(=O)(=O)c1ccccc1SCC(=O)NC1CC1. The van der Waals surface area contributed by atoms with Crippen LogP contribution in [0.25, 0.3) is 0 Å². The molecular formula is C12H15NO3S2. The van der Waals surface area contributed by atoms with Crippen LogP contribution in [0.2, 0.25) is 0 Å². The number of thioether (sulfide) groups is 1. The van der Waals surface area contributed by atoms with Gasteiger partial charge >= 0.3 is 0 Å². The Kier molecular flexibility index (Phi) is 3.97. The van der Waals surface area contributed by atoms with Gasteiger partial charge in [-0.3, -0.25) is 4.79 Å². The normalized spacial score (nSPS) is 15.4. The molecule has 0 heterocycles. The lowest BCUT2D eigenvalue weighted by Crippen LogP contribution is -2.27. The highest BCUT2D eigenvalue weighted by atomic mass is 32.2. The van der Waals surface area contributed by atoms with Gasteiger partial charge in [0.25, 0.3) is 0 Å². The summed E-state index contributed by atoms with van der Waals surface area (Å²) in [6, 6.07) is 7.09. The number of carbonyl (C=O) groups excluding carboxylic acids is 1. The van der Waals surface area contributed by atoms with Crippen LogP contribution in [0.1, 0.15) is 12.8 Å². The maximum atomic E-state index is 11.6. The summed E-state index contributed by atoms with van der Waals surface area (Å²) in [5.74, 6) is 0.217. The number of hydrogen-bond donors (Lipinski definition) is 1. The first kappa shape index (κ1) is 13.4. The van der Waals surface area contributed by atoms with Crippen molar-refractivity contribution in [3.05, 3.63) is 24.3 Å². The van der Waals surface area contributed by atoms with Crippen LogP contribution < -0.4 is 5.32 Å². The third kappa shape index (κ3) is 3.74. The quantitative estimate of drug-likeness (QED) is 0.832. The third-order valence-electron chi connectivity index (χ3n) is 2.55. The van der Waals surface area contributed by atoms with Crippen molar-refractivity contribution < 1.29 is 13.2 Å². The maximum absolute atomic E-state index is 11.6. The lowest BCUT2D eigenvalue weighted by Gasteiger charge is -2.07. The predicted molar refractivity (Wildman–Crippen MR) is 71.4 cm³/mol. The lowest BCUT2D eigenvalue weighted by atomic mass is 10.4. The minimum atomic E-state index is -3.24. The fourth-order valence-corrected chi connectivity index (χ4v) is 3.66. The summed E-state index contributed by atoms with van der Waals surface area (Å²) in [4.78, 5) is 12.5. The number of carbonyl (C=O) groups is 1. The topological polar surface area (TPSA) is 63.2 Å². The maximum Gasteiger partial charge on any atom is 0.230 e. The van der Waals surface area contributed by atoms with Gasteiger partial charge < -0.3 is 5.32 Å². The molecule has 2 rings (SSSR count). The molecule has 0 bridgehead atoms. The van der Waals surface area contributed by atoms with Crippen molar-refractivity contribution >= 4 is 27.5 Å². The molecule has 1 saturated carbocycles. The molecular weight excluding hydrogens is 270 g/mol. The largest absolute Gasteiger partial charge is 0.353 e. The van der Waals surface area contributed by atoms with Crippen molar-refractivity contribution in [3.8, 4) is 0 Å². The number of amides is 1. The zero-order valence-corrected chi connectivity index (χ0v) is 11.7. The van der Waals surface area contributed by atoms with Crippen molar-refractivity contribution in [1.29, 1.82) is 0 Å². The number of benzene rings is 1. The molecule has 1 aromatic rings. The summed E-state index contributed by atoms with van der Waals surface area (Å²) in [6.07, 6.45) is 3.28. The molecule has 1 N–H and O–H groups in total. The zero-order valence-electron chi connectivity index (χ0n) is 10.0. The van der Waals surface area contributed by atoms with Crippen molar-refractivity contribution in [2.75, 3.05) is 12.0 Å². The van der Waals surface area contributed by atoms with E-state index in [-0.39, 0.29) is 16.6 Å². The highest BCUT2D eigenvalue weighted by molar-refractivity contribution is 8.00. The van der Waals surface area contributed by atoms with Gasteiger partial charge in [-0.25, -0.2) is 8.42 Å². The monoisotopic (exact) mass is 285 g/mol. The molecule has 0 atom stereocenters. The van der Waals surface area contributed by atoms with Gasteiger partial charge in [0.1, 0.15) is 0 Å². The van der Waals surface area contributed by atoms with E-state index in [0.29, 0.717) is 10.9 Å². The Hall–Kier alpha value is -1.01. The van der Waals surface area contributed by atoms with E-state index in [1.165, 1.54) is 18.0 Å². The Morgan fingerprint density at radius 2 is 2.06 bits per heavy atom. The van der Waals surface area contributed by atoms with Crippen LogP contribution in [0, 0.1) is 0 Å². The highest BCUT2D eigenvalue weighted by Gasteiger charge is 2.23. The Morgan fingerprint density at radius 1 is 1.39 bits per heavy atom. The van der Waals surface area contributed by atoms with Gasteiger partial charge in [-0.15, -0.1) is 11.8 Å². The molecule has 1 amide bonds. The molecule has 4 nitrogen and oxygen atoms in total. The molecule has 6 heteroatoms. The van der Waals surface area contributed by atoms with Crippen LogP contribution in [0.4, 0.5) is 0 Å². The smallest absolute Gasteiger partial charge is 0.230 e. The highest BCUT2D eigenvalue weighted by Crippen LogP contribution is 2.26. The van der Waals surface area contributed by atoms with Crippen LogP contribution in [0.15, 0.2) is 34.1 Å². The van der Waals surface area contributed by atoms with E-state index >= 15 is 0 Å². The number of rotatable bonds is 5. The summed E-state index contributed by atoms with van der Waals surface area (Å²) in [5, 5.41) is 2.87. The predicted octanol–water partition coefficient (Wildman–Crippen LogP) is 1.46. The molecule has 0 radical (unpaired) electrons. The first-order valence-electron chi connectivity index (χ1n) is 5.68. The first-order chi connectivity index (χ1) is 8.47. The average Bonchev–Trinajstić information content (AvgIpc) is 3.09. The molecule has 98 valence electrons. The van der Waals surface area contributed by atoms with Crippen LogP contribution >= 0.6 is 11.8 Å². The van der Waals surface area contributed by atoms with Gasteiger partial charge in [0.2, 0.25) is 5.91 Å². The van der Waals surface area contributed by atoms with Gasteiger partial charge in [0.15, 0.2) is 9.84 Å². The van der Waals surface area contributed by atoms with E-state index in [2.05, 4.69) is 5.32 Å². The van der Waals surface area contributed by atoms with Crippen molar-refractivity contribution in [1.82, 2.24) is 5.32 Å². The fraction of sp³-hybridized carbons (Fsp3) is 0.417. The fourth-order valence-electron chi connectivity index (χ4n) is 1.52. The Morgan fingerprint density at radius 3 is 2.67 bits per heavy atom. The zero-order chi connectivity index (χ0) is 13.2. The molecule has 0 unspecified atom stereocenters. The Bertz CT molecular complexity index is 550. The van der Waals surface area contributed by atoms with Gasteiger partial charge in [-0.1, -0.05) is 12.1 Å². The Labute approximate surface area is 111 Å². The molecule has 0 aliphatic heterocycles. The number of nitrogens with one attached hydrogen (secondary N) is 1. The van der Waals surface area contributed by atoms with Gasteiger partial charge in [0.05, 0.1) is 10.6 Å². The van der Waals surface area contributed by atoms with Crippen LogP contribution in [0.3, 0.4) is 0 Å². The molecule has 18 heavy (non-hydrogen) atoms. The van der Waals surface area contributed by atoms with Crippen LogP contribution in [0.5, 0.6) is 0 Å². The summed E-state index contributed by atoms with van der Waals surface area (Å²) in [7, 11) is -3.24. The second-order valence-corrected chi connectivity index (χ2v) is 7.35. The van der Waals surface area contributed by atoms with Crippen LogP contribution in [-0.4, -0.2) is 32.4 Å². The number of sulfone groups is 1. The molecule has 1 aromatic carbocycles. The summed E-state index contributed by atoms with van der Waals surface area (Å²) in [6.45, 7) is 0.